The molecule has 0 unspecified atom stereocenters. The van der Waals surface area contributed by atoms with Gasteiger partial charge in [-0.3, -0.25) is 4.79 Å². The Hall–Kier alpha value is -1.62. The fourth-order valence-corrected chi connectivity index (χ4v) is 1.47. The number of nitrogens with one attached hydrogen (secondary N) is 1. The molecule has 0 atom stereocenters. The number of aliphatic hydroxyl groups is 1. The third kappa shape index (κ3) is 2.30. The predicted octanol–water partition coefficient (Wildman–Crippen LogP) is 0.166. The summed E-state index contributed by atoms with van der Waals surface area (Å²) in [5, 5.41) is 11.9. The predicted molar refractivity (Wildman–Crippen MR) is 59.7 cm³/mol. The molecule has 86 valence electrons. The lowest BCUT2D eigenvalue weighted by atomic mass is 10.1. The van der Waals surface area contributed by atoms with Crippen LogP contribution in [-0.4, -0.2) is 29.1 Å². The van der Waals surface area contributed by atoms with E-state index in [1.54, 1.807) is 12.1 Å². The fraction of sp³-hybridized carbons (Fsp3) is 0.455. The Morgan fingerprint density at radius 3 is 2.81 bits per heavy atom. The zero-order chi connectivity index (χ0) is 11.6. The quantitative estimate of drug-likeness (QED) is 0.676. The highest BCUT2D eigenvalue weighted by atomic mass is 16.3. The van der Waals surface area contributed by atoms with Crippen LogP contribution >= 0.6 is 0 Å². The number of nitrogens with zero attached hydrogens (tertiary/aromatic N) is 1. The van der Waals surface area contributed by atoms with Crippen LogP contribution in [0.5, 0.6) is 0 Å². The van der Waals surface area contributed by atoms with E-state index in [2.05, 4.69) is 10.3 Å². The van der Waals surface area contributed by atoms with E-state index in [0.29, 0.717) is 17.9 Å². The maximum atomic E-state index is 11.7. The number of rotatable bonds is 4. The van der Waals surface area contributed by atoms with Crippen molar-refractivity contribution in [2.75, 3.05) is 18.9 Å². The number of anilines is 1. The van der Waals surface area contributed by atoms with Gasteiger partial charge in [0.25, 0.3) is 5.91 Å². The van der Waals surface area contributed by atoms with Crippen LogP contribution in [0, 0.1) is 5.41 Å². The zero-order valence-corrected chi connectivity index (χ0v) is 8.94. The second-order valence-corrected chi connectivity index (χ2v) is 4.32. The van der Waals surface area contributed by atoms with Crippen molar-refractivity contribution in [3.8, 4) is 0 Å². The van der Waals surface area contributed by atoms with Crippen molar-refractivity contribution in [2.24, 2.45) is 5.41 Å². The van der Waals surface area contributed by atoms with Gasteiger partial charge in [-0.05, 0) is 25.0 Å². The van der Waals surface area contributed by atoms with Gasteiger partial charge in [0.2, 0.25) is 0 Å². The van der Waals surface area contributed by atoms with Crippen molar-refractivity contribution in [1.29, 1.82) is 0 Å². The van der Waals surface area contributed by atoms with Gasteiger partial charge in [0.1, 0.15) is 5.69 Å². The molecule has 1 saturated carbocycles. The Morgan fingerprint density at radius 1 is 1.56 bits per heavy atom. The molecule has 1 fully saturated rings. The van der Waals surface area contributed by atoms with Crippen LogP contribution in [0.1, 0.15) is 23.3 Å². The Balaban J connectivity index is 1.91. The van der Waals surface area contributed by atoms with Crippen molar-refractivity contribution in [3.05, 3.63) is 24.0 Å². The van der Waals surface area contributed by atoms with Gasteiger partial charge in [-0.1, -0.05) is 0 Å². The molecule has 2 rings (SSSR count). The molecule has 0 radical (unpaired) electrons. The molecule has 1 aliphatic rings. The zero-order valence-electron chi connectivity index (χ0n) is 8.94. The minimum Gasteiger partial charge on any atom is -0.397 e. The summed E-state index contributed by atoms with van der Waals surface area (Å²) in [6.45, 7) is 0.636. The lowest BCUT2D eigenvalue weighted by Crippen LogP contribution is -2.32. The van der Waals surface area contributed by atoms with Gasteiger partial charge in [-0.2, -0.15) is 0 Å². The van der Waals surface area contributed by atoms with Crippen LogP contribution < -0.4 is 11.1 Å². The SMILES string of the molecule is Nc1ccc(C(=O)NCC2(CO)CC2)nc1. The molecule has 1 aromatic heterocycles. The van der Waals surface area contributed by atoms with Crippen LogP contribution in [-0.2, 0) is 0 Å². The molecule has 1 heterocycles. The molecule has 0 aliphatic heterocycles. The summed E-state index contributed by atoms with van der Waals surface area (Å²) in [6, 6.07) is 3.23. The van der Waals surface area contributed by atoms with E-state index in [0.717, 1.165) is 12.8 Å². The van der Waals surface area contributed by atoms with Crippen LogP contribution in [0.3, 0.4) is 0 Å². The van der Waals surface area contributed by atoms with Crippen molar-refractivity contribution < 1.29 is 9.90 Å². The third-order valence-corrected chi connectivity index (χ3v) is 2.94. The lowest BCUT2D eigenvalue weighted by Gasteiger charge is -2.12. The monoisotopic (exact) mass is 221 g/mol. The number of amides is 1. The molecule has 16 heavy (non-hydrogen) atoms. The van der Waals surface area contributed by atoms with Gasteiger partial charge >= 0.3 is 0 Å². The molecular formula is C11H15N3O2. The molecule has 4 N–H and O–H groups in total. The molecule has 1 aromatic rings. The van der Waals surface area contributed by atoms with Gasteiger partial charge < -0.3 is 16.2 Å². The van der Waals surface area contributed by atoms with Gasteiger partial charge in [0.05, 0.1) is 18.5 Å². The molecule has 5 heteroatoms. The molecule has 1 aliphatic carbocycles. The van der Waals surface area contributed by atoms with E-state index in [4.69, 9.17) is 10.8 Å². The summed E-state index contributed by atoms with van der Waals surface area (Å²) >= 11 is 0. The first-order chi connectivity index (χ1) is 7.65. The van der Waals surface area contributed by atoms with Crippen molar-refractivity contribution in [3.63, 3.8) is 0 Å². The second kappa shape index (κ2) is 4.09. The molecule has 0 bridgehead atoms. The van der Waals surface area contributed by atoms with Crippen molar-refractivity contribution in [1.82, 2.24) is 10.3 Å². The van der Waals surface area contributed by atoms with Crippen molar-refractivity contribution >= 4 is 11.6 Å². The van der Waals surface area contributed by atoms with Crippen molar-refractivity contribution in [2.45, 2.75) is 12.8 Å². The summed E-state index contributed by atoms with van der Waals surface area (Å²) in [5.74, 6) is -0.222. The van der Waals surface area contributed by atoms with Gasteiger partial charge in [-0.25, -0.2) is 4.98 Å². The molecule has 0 aromatic carbocycles. The smallest absolute Gasteiger partial charge is 0.269 e. The van der Waals surface area contributed by atoms with Gasteiger partial charge in [-0.15, -0.1) is 0 Å². The first-order valence-corrected chi connectivity index (χ1v) is 5.26. The van der Waals surface area contributed by atoms with E-state index in [-0.39, 0.29) is 17.9 Å². The number of nitrogen functional groups attached to an aromatic ring is 1. The number of carbonyl (C=O) groups is 1. The van der Waals surface area contributed by atoms with Gasteiger partial charge in [0, 0.05) is 12.0 Å². The fourth-order valence-electron chi connectivity index (χ4n) is 1.47. The number of aromatic nitrogens is 1. The minimum atomic E-state index is -0.222. The van der Waals surface area contributed by atoms with Gasteiger partial charge in [0.15, 0.2) is 0 Å². The molecule has 0 saturated heterocycles. The molecule has 1 amide bonds. The van der Waals surface area contributed by atoms with E-state index in [1.807, 2.05) is 0 Å². The molecule has 0 spiro atoms. The largest absolute Gasteiger partial charge is 0.397 e. The maximum Gasteiger partial charge on any atom is 0.269 e. The number of aliphatic hydroxyl groups excluding tert-OH is 1. The summed E-state index contributed by atoms with van der Waals surface area (Å²) in [5.41, 5.74) is 6.28. The normalized spacial score (nSPS) is 16.8. The third-order valence-electron chi connectivity index (χ3n) is 2.94. The van der Waals surface area contributed by atoms with E-state index >= 15 is 0 Å². The topological polar surface area (TPSA) is 88.2 Å². The summed E-state index contributed by atoms with van der Waals surface area (Å²) < 4.78 is 0. The molecule has 5 nitrogen and oxygen atoms in total. The first-order valence-electron chi connectivity index (χ1n) is 5.26. The Bertz CT molecular complexity index is 385. The highest BCUT2D eigenvalue weighted by molar-refractivity contribution is 5.92. The maximum absolute atomic E-state index is 11.7. The average molecular weight is 221 g/mol. The van der Waals surface area contributed by atoms with E-state index in [1.165, 1.54) is 6.20 Å². The summed E-state index contributed by atoms with van der Waals surface area (Å²) in [4.78, 5) is 15.6. The number of pyridine rings is 1. The van der Waals surface area contributed by atoms with Crippen LogP contribution in [0.25, 0.3) is 0 Å². The van der Waals surface area contributed by atoms with Crippen LogP contribution in [0.2, 0.25) is 0 Å². The second-order valence-electron chi connectivity index (χ2n) is 4.32. The first kappa shape index (κ1) is 10.9. The highest BCUT2D eigenvalue weighted by Gasteiger charge is 2.42. The number of nitrogens with two attached hydrogens (primary N) is 1. The number of carbonyl (C=O) groups excluding carboxylic acids is 1. The number of hydrogen-bond acceptors (Lipinski definition) is 4. The number of hydrogen-bond donors (Lipinski definition) is 3. The van der Waals surface area contributed by atoms with Crippen LogP contribution in [0.15, 0.2) is 18.3 Å². The summed E-state index contributed by atoms with van der Waals surface area (Å²) in [7, 11) is 0. The van der Waals surface area contributed by atoms with E-state index in [9.17, 15) is 4.79 Å². The average Bonchev–Trinajstić information content (AvgIpc) is 3.08. The van der Waals surface area contributed by atoms with Crippen LogP contribution in [0.4, 0.5) is 5.69 Å². The lowest BCUT2D eigenvalue weighted by molar-refractivity contribution is 0.0930. The Kier molecular flexibility index (Phi) is 2.78. The van der Waals surface area contributed by atoms with E-state index < -0.39 is 0 Å². The Labute approximate surface area is 93.7 Å². The highest BCUT2D eigenvalue weighted by Crippen LogP contribution is 2.44. The molecular weight excluding hydrogens is 206 g/mol. The minimum absolute atomic E-state index is 0.0799. The standard InChI is InChI=1S/C11H15N3O2/c12-8-1-2-9(13-5-8)10(16)14-6-11(7-15)3-4-11/h1-2,5,15H,3-4,6-7,12H2,(H,14,16). The summed E-state index contributed by atoms with van der Waals surface area (Å²) in [6.07, 6.45) is 3.39. The Morgan fingerprint density at radius 2 is 2.31 bits per heavy atom.